The van der Waals surface area contributed by atoms with E-state index in [0.29, 0.717) is 19.0 Å². The maximum absolute atomic E-state index is 12.7. The molecular weight excluding hydrogens is 405 g/mol. The molecule has 1 aromatic heterocycles. The molecule has 0 amide bonds. The Morgan fingerprint density at radius 2 is 1.79 bits per heavy atom. The average molecular weight is 425 g/mol. The van der Waals surface area contributed by atoms with Crippen molar-refractivity contribution in [1.82, 2.24) is 9.78 Å². The summed E-state index contributed by atoms with van der Waals surface area (Å²) < 4.78 is 51.3. The smallest absolute Gasteiger partial charge is 0.416 e. The second-order valence-corrected chi connectivity index (χ2v) is 6.70. The zero-order valence-corrected chi connectivity index (χ0v) is 16.7. The minimum absolute atomic E-state index is 0.0912. The molecule has 8 heteroatoms. The van der Waals surface area contributed by atoms with Gasteiger partial charge in [-0.2, -0.15) is 18.3 Å². The third-order valence-electron chi connectivity index (χ3n) is 4.28. The maximum Gasteiger partial charge on any atom is 0.416 e. The van der Waals surface area contributed by atoms with Crippen molar-refractivity contribution in [2.24, 2.45) is 0 Å². The quantitative estimate of drug-likeness (QED) is 0.466. The molecule has 0 aliphatic heterocycles. The van der Waals surface area contributed by atoms with E-state index in [4.69, 9.17) is 21.1 Å². The topological polar surface area (TPSA) is 36.3 Å². The molecule has 0 radical (unpaired) electrons. The van der Waals surface area contributed by atoms with Crippen molar-refractivity contribution < 1.29 is 22.6 Å². The highest BCUT2D eigenvalue weighted by Gasteiger charge is 2.31. The number of rotatable bonds is 7. The first-order chi connectivity index (χ1) is 13.8. The van der Waals surface area contributed by atoms with Gasteiger partial charge < -0.3 is 9.47 Å². The van der Waals surface area contributed by atoms with E-state index in [-0.39, 0.29) is 17.4 Å². The molecule has 0 atom stereocenters. The largest absolute Gasteiger partial charge is 0.490 e. The van der Waals surface area contributed by atoms with E-state index in [0.717, 1.165) is 29.0 Å². The molecule has 0 fully saturated rings. The van der Waals surface area contributed by atoms with E-state index in [9.17, 15) is 13.2 Å². The molecule has 0 saturated heterocycles. The summed E-state index contributed by atoms with van der Waals surface area (Å²) in [4.78, 5) is 0. The highest BCUT2D eigenvalue weighted by molar-refractivity contribution is 6.32. The standard InChI is InChI=1S/C21H20ClF3N2O2/c1-3-28-20-14(2)19(15-7-5-4-6-8-15)26-27(20)11-12-29-18-10-9-16(13-17(18)22)21(23,24)25/h4-10,13H,3,11-12H2,1-2H3. The number of benzene rings is 2. The van der Waals surface area contributed by atoms with Gasteiger partial charge >= 0.3 is 6.18 Å². The van der Waals surface area contributed by atoms with Crippen molar-refractivity contribution in [3.63, 3.8) is 0 Å². The van der Waals surface area contributed by atoms with Crippen molar-refractivity contribution in [2.75, 3.05) is 13.2 Å². The van der Waals surface area contributed by atoms with Gasteiger partial charge in [-0.3, -0.25) is 0 Å². The molecule has 3 aromatic rings. The molecule has 29 heavy (non-hydrogen) atoms. The molecule has 0 unspecified atom stereocenters. The first-order valence-corrected chi connectivity index (χ1v) is 9.44. The summed E-state index contributed by atoms with van der Waals surface area (Å²) in [5.74, 6) is 0.818. The molecule has 4 nitrogen and oxygen atoms in total. The van der Waals surface area contributed by atoms with Gasteiger partial charge in [0, 0.05) is 11.1 Å². The van der Waals surface area contributed by atoms with Crippen LogP contribution in [0.2, 0.25) is 5.02 Å². The number of ether oxygens (including phenoxy) is 2. The number of halogens is 4. The van der Waals surface area contributed by atoms with Gasteiger partial charge in [0.1, 0.15) is 12.4 Å². The second kappa shape index (κ2) is 8.78. The van der Waals surface area contributed by atoms with Gasteiger partial charge in [-0.25, -0.2) is 4.68 Å². The lowest BCUT2D eigenvalue weighted by molar-refractivity contribution is -0.137. The third-order valence-corrected chi connectivity index (χ3v) is 4.57. The second-order valence-electron chi connectivity index (χ2n) is 6.29. The number of aromatic nitrogens is 2. The van der Waals surface area contributed by atoms with Crippen LogP contribution in [0, 0.1) is 6.92 Å². The number of alkyl halides is 3. The van der Waals surface area contributed by atoms with E-state index in [1.54, 1.807) is 4.68 Å². The Kier molecular flexibility index (Phi) is 6.37. The van der Waals surface area contributed by atoms with Gasteiger partial charge in [0.2, 0.25) is 5.88 Å². The molecule has 0 aliphatic carbocycles. The SMILES string of the molecule is CCOc1c(C)c(-c2ccccc2)nn1CCOc1ccc(C(F)(F)F)cc1Cl. The molecule has 3 rings (SSSR count). The Morgan fingerprint density at radius 3 is 2.41 bits per heavy atom. The Hall–Kier alpha value is -2.67. The molecule has 0 spiro atoms. The zero-order valence-electron chi connectivity index (χ0n) is 16.0. The van der Waals surface area contributed by atoms with Crippen molar-refractivity contribution in [3.05, 3.63) is 64.7 Å². The Bertz CT molecular complexity index is 972. The van der Waals surface area contributed by atoms with E-state index in [1.165, 1.54) is 6.07 Å². The summed E-state index contributed by atoms with van der Waals surface area (Å²) in [6.07, 6.45) is -4.45. The van der Waals surface area contributed by atoms with E-state index >= 15 is 0 Å². The van der Waals surface area contributed by atoms with Gasteiger partial charge in [0.15, 0.2) is 0 Å². The van der Waals surface area contributed by atoms with Crippen molar-refractivity contribution in [3.8, 4) is 22.9 Å². The minimum Gasteiger partial charge on any atom is -0.490 e. The van der Waals surface area contributed by atoms with Crippen LogP contribution in [0.3, 0.4) is 0 Å². The van der Waals surface area contributed by atoms with Crippen LogP contribution in [0.1, 0.15) is 18.1 Å². The summed E-state index contributed by atoms with van der Waals surface area (Å²) >= 11 is 5.94. The van der Waals surface area contributed by atoms with Gasteiger partial charge in [-0.05, 0) is 32.0 Å². The number of nitrogens with zero attached hydrogens (tertiary/aromatic N) is 2. The van der Waals surface area contributed by atoms with Crippen LogP contribution >= 0.6 is 11.6 Å². The molecule has 1 heterocycles. The first kappa shape index (κ1) is 21.0. The van der Waals surface area contributed by atoms with Crippen LogP contribution in [0.15, 0.2) is 48.5 Å². The average Bonchev–Trinajstić information content (AvgIpc) is 2.99. The van der Waals surface area contributed by atoms with E-state index < -0.39 is 11.7 Å². The Labute approximate surface area is 171 Å². The molecular formula is C21H20ClF3N2O2. The van der Waals surface area contributed by atoms with Gasteiger partial charge in [-0.1, -0.05) is 41.9 Å². The first-order valence-electron chi connectivity index (χ1n) is 9.06. The highest BCUT2D eigenvalue weighted by Crippen LogP contribution is 2.35. The van der Waals surface area contributed by atoms with Crippen LogP contribution in [-0.4, -0.2) is 23.0 Å². The Morgan fingerprint density at radius 1 is 1.07 bits per heavy atom. The number of hydrogen-bond donors (Lipinski definition) is 0. The highest BCUT2D eigenvalue weighted by atomic mass is 35.5. The molecule has 2 aromatic carbocycles. The van der Waals surface area contributed by atoms with Gasteiger partial charge in [-0.15, -0.1) is 0 Å². The molecule has 0 aliphatic rings. The summed E-state index contributed by atoms with van der Waals surface area (Å²) in [6.45, 7) is 4.81. The summed E-state index contributed by atoms with van der Waals surface area (Å²) in [7, 11) is 0. The van der Waals surface area contributed by atoms with E-state index in [2.05, 4.69) is 5.10 Å². The lowest BCUT2D eigenvalue weighted by Crippen LogP contribution is -2.12. The monoisotopic (exact) mass is 424 g/mol. The molecule has 0 saturated carbocycles. The third kappa shape index (κ3) is 4.85. The minimum atomic E-state index is -4.45. The predicted octanol–water partition coefficient (Wildman–Crippen LogP) is 6.01. The van der Waals surface area contributed by atoms with Crippen LogP contribution in [0.25, 0.3) is 11.3 Å². The lowest BCUT2D eigenvalue weighted by Gasteiger charge is -2.12. The van der Waals surface area contributed by atoms with Gasteiger partial charge in [0.05, 0.1) is 29.4 Å². The summed E-state index contributed by atoms with van der Waals surface area (Å²) in [5, 5.41) is 4.54. The molecule has 0 bridgehead atoms. The fourth-order valence-electron chi connectivity index (χ4n) is 2.91. The summed E-state index contributed by atoms with van der Waals surface area (Å²) in [6, 6.07) is 12.8. The molecule has 0 N–H and O–H groups in total. The fraction of sp³-hybridized carbons (Fsp3) is 0.286. The van der Waals surface area contributed by atoms with Gasteiger partial charge in [0.25, 0.3) is 0 Å². The van der Waals surface area contributed by atoms with Crippen LogP contribution in [-0.2, 0) is 12.7 Å². The van der Waals surface area contributed by atoms with Crippen LogP contribution in [0.5, 0.6) is 11.6 Å². The fourth-order valence-corrected chi connectivity index (χ4v) is 3.15. The van der Waals surface area contributed by atoms with Crippen molar-refractivity contribution in [2.45, 2.75) is 26.6 Å². The van der Waals surface area contributed by atoms with Crippen LogP contribution < -0.4 is 9.47 Å². The van der Waals surface area contributed by atoms with Crippen LogP contribution in [0.4, 0.5) is 13.2 Å². The maximum atomic E-state index is 12.7. The van der Waals surface area contributed by atoms with Crippen molar-refractivity contribution >= 4 is 11.6 Å². The molecule has 154 valence electrons. The normalized spacial score (nSPS) is 11.5. The van der Waals surface area contributed by atoms with E-state index in [1.807, 2.05) is 44.2 Å². The lowest BCUT2D eigenvalue weighted by atomic mass is 10.1. The number of hydrogen-bond acceptors (Lipinski definition) is 3. The Balaban J connectivity index is 1.75. The predicted molar refractivity (Wildman–Crippen MR) is 106 cm³/mol. The zero-order chi connectivity index (χ0) is 21.0. The van der Waals surface area contributed by atoms with Crippen molar-refractivity contribution in [1.29, 1.82) is 0 Å². The summed E-state index contributed by atoms with van der Waals surface area (Å²) in [5.41, 5.74) is 1.87.